The van der Waals surface area contributed by atoms with Crippen molar-refractivity contribution in [3.63, 3.8) is 0 Å². The van der Waals surface area contributed by atoms with E-state index in [-0.39, 0.29) is 25.7 Å². The summed E-state index contributed by atoms with van der Waals surface area (Å²) in [6, 6.07) is 8.47. The highest BCUT2D eigenvalue weighted by Gasteiger charge is 2.21. The van der Waals surface area contributed by atoms with Gasteiger partial charge in [0.1, 0.15) is 5.76 Å². The van der Waals surface area contributed by atoms with Gasteiger partial charge in [0.2, 0.25) is 22.7 Å². The Morgan fingerprint density at radius 2 is 2.04 bits per heavy atom. The van der Waals surface area contributed by atoms with Crippen molar-refractivity contribution in [3.8, 4) is 11.5 Å². The molecule has 3 rings (SSSR count). The molecule has 2 aromatic rings. The van der Waals surface area contributed by atoms with E-state index >= 15 is 0 Å². The molecule has 2 heterocycles. The van der Waals surface area contributed by atoms with Crippen molar-refractivity contribution < 1.29 is 27.1 Å². The van der Waals surface area contributed by atoms with Crippen molar-refractivity contribution in [2.45, 2.75) is 19.4 Å². The lowest BCUT2D eigenvalue weighted by Crippen LogP contribution is -2.32. The van der Waals surface area contributed by atoms with Gasteiger partial charge >= 0.3 is 0 Å². The zero-order chi connectivity index (χ0) is 18.6. The zero-order valence-corrected chi connectivity index (χ0v) is 15.1. The average molecular weight is 380 g/mol. The van der Waals surface area contributed by atoms with Gasteiger partial charge in [0.15, 0.2) is 11.5 Å². The monoisotopic (exact) mass is 380 g/mol. The molecule has 8 nitrogen and oxygen atoms in total. The number of benzene rings is 1. The van der Waals surface area contributed by atoms with Gasteiger partial charge in [-0.15, -0.1) is 0 Å². The highest BCUT2D eigenvalue weighted by atomic mass is 32.2. The molecule has 0 aliphatic carbocycles. The summed E-state index contributed by atoms with van der Waals surface area (Å²) < 4.78 is 41.2. The van der Waals surface area contributed by atoms with E-state index in [9.17, 15) is 13.2 Å². The third kappa shape index (κ3) is 4.48. The molecule has 0 saturated carbocycles. The van der Waals surface area contributed by atoms with Gasteiger partial charge < -0.3 is 19.2 Å². The Bertz CT molecular complexity index is 863. The second-order valence-electron chi connectivity index (χ2n) is 5.83. The smallest absolute Gasteiger partial charge is 0.232 e. The lowest BCUT2D eigenvalue weighted by atomic mass is 10.2. The van der Waals surface area contributed by atoms with E-state index in [1.807, 2.05) is 0 Å². The molecule has 1 N–H and O–H groups in total. The summed E-state index contributed by atoms with van der Waals surface area (Å²) >= 11 is 0. The van der Waals surface area contributed by atoms with Crippen LogP contribution in [-0.4, -0.2) is 33.9 Å². The van der Waals surface area contributed by atoms with E-state index < -0.39 is 10.0 Å². The number of hydrogen-bond acceptors (Lipinski definition) is 6. The topological polar surface area (TPSA) is 98.1 Å². The Morgan fingerprint density at radius 1 is 1.23 bits per heavy atom. The van der Waals surface area contributed by atoms with E-state index in [4.69, 9.17) is 13.9 Å². The maximum absolute atomic E-state index is 12.1. The fourth-order valence-corrected chi connectivity index (χ4v) is 3.55. The number of furan rings is 1. The lowest BCUT2D eigenvalue weighted by molar-refractivity contribution is -0.121. The molecule has 0 saturated heterocycles. The minimum Gasteiger partial charge on any atom is -0.467 e. The fraction of sp³-hybridized carbons (Fsp3) is 0.353. The van der Waals surface area contributed by atoms with Crippen LogP contribution in [0.3, 0.4) is 0 Å². The van der Waals surface area contributed by atoms with Crippen LogP contribution in [0.2, 0.25) is 0 Å². The van der Waals surface area contributed by atoms with Gasteiger partial charge in [0.05, 0.1) is 24.8 Å². The number of ether oxygens (including phenoxy) is 2. The van der Waals surface area contributed by atoms with Crippen LogP contribution in [0.4, 0.5) is 5.69 Å². The summed E-state index contributed by atoms with van der Waals surface area (Å²) in [5, 5.41) is 2.73. The SMILES string of the molecule is CS(=O)(=O)N(CCCC(=O)NCc1ccco1)c1ccc2c(c1)OCO2. The van der Waals surface area contributed by atoms with Crippen LogP contribution >= 0.6 is 0 Å². The van der Waals surface area contributed by atoms with Crippen LogP contribution in [0.25, 0.3) is 0 Å². The molecule has 0 bridgehead atoms. The van der Waals surface area contributed by atoms with Gasteiger partial charge in [0.25, 0.3) is 0 Å². The first-order valence-electron chi connectivity index (χ1n) is 8.10. The second-order valence-corrected chi connectivity index (χ2v) is 7.74. The molecular weight excluding hydrogens is 360 g/mol. The summed E-state index contributed by atoms with van der Waals surface area (Å²) in [5.74, 6) is 1.59. The largest absolute Gasteiger partial charge is 0.467 e. The average Bonchev–Trinajstić information content (AvgIpc) is 3.26. The van der Waals surface area contributed by atoms with Crippen LogP contribution in [0.5, 0.6) is 11.5 Å². The third-order valence-corrected chi connectivity index (χ3v) is 5.04. The number of nitrogens with zero attached hydrogens (tertiary/aromatic N) is 1. The minimum atomic E-state index is -3.49. The Labute approximate surface area is 151 Å². The predicted molar refractivity (Wildman–Crippen MR) is 94.5 cm³/mol. The molecular formula is C17H20N2O6S. The maximum atomic E-state index is 12.1. The highest BCUT2D eigenvalue weighted by molar-refractivity contribution is 7.92. The number of anilines is 1. The second kappa shape index (κ2) is 7.69. The van der Waals surface area contributed by atoms with E-state index in [1.54, 1.807) is 30.3 Å². The van der Waals surface area contributed by atoms with Gasteiger partial charge in [-0.3, -0.25) is 9.10 Å². The summed E-state index contributed by atoms with van der Waals surface area (Å²) in [4.78, 5) is 11.9. The Morgan fingerprint density at radius 3 is 2.77 bits per heavy atom. The van der Waals surface area contributed by atoms with Gasteiger partial charge in [0, 0.05) is 19.0 Å². The number of sulfonamides is 1. The first-order valence-corrected chi connectivity index (χ1v) is 9.95. The standard InChI is InChI=1S/C17H20N2O6S/c1-26(21,22)19(13-6-7-15-16(10-13)25-12-24-15)8-2-5-17(20)18-11-14-4-3-9-23-14/h3-4,6-7,9-10H,2,5,8,11-12H2,1H3,(H,18,20). The highest BCUT2D eigenvalue weighted by Crippen LogP contribution is 2.36. The van der Waals surface area contributed by atoms with Crippen molar-refractivity contribution >= 4 is 21.6 Å². The molecule has 0 radical (unpaired) electrons. The molecule has 1 amide bonds. The molecule has 140 valence electrons. The maximum Gasteiger partial charge on any atom is 0.232 e. The van der Waals surface area contributed by atoms with Crippen molar-refractivity contribution in [2.75, 3.05) is 23.9 Å². The number of carbonyl (C=O) groups is 1. The molecule has 1 aromatic heterocycles. The molecule has 0 atom stereocenters. The van der Waals surface area contributed by atoms with Crippen molar-refractivity contribution in [1.29, 1.82) is 0 Å². The first kappa shape index (κ1) is 18.1. The molecule has 26 heavy (non-hydrogen) atoms. The quantitative estimate of drug-likeness (QED) is 0.751. The Kier molecular flexibility index (Phi) is 5.36. The zero-order valence-electron chi connectivity index (χ0n) is 14.3. The number of hydrogen-bond donors (Lipinski definition) is 1. The number of fused-ring (bicyclic) bond motifs is 1. The van der Waals surface area contributed by atoms with E-state index in [0.717, 1.165) is 6.26 Å². The normalized spacial score (nSPS) is 12.8. The van der Waals surface area contributed by atoms with Gasteiger partial charge in [-0.05, 0) is 30.7 Å². The number of carbonyl (C=O) groups excluding carboxylic acids is 1. The van der Waals surface area contributed by atoms with Crippen molar-refractivity contribution in [2.24, 2.45) is 0 Å². The van der Waals surface area contributed by atoms with Crippen LogP contribution in [0.1, 0.15) is 18.6 Å². The Hall–Kier alpha value is -2.68. The molecule has 9 heteroatoms. The van der Waals surface area contributed by atoms with Crippen LogP contribution < -0.4 is 19.1 Å². The number of nitrogens with one attached hydrogen (secondary N) is 1. The van der Waals surface area contributed by atoms with Gasteiger partial charge in [-0.25, -0.2) is 8.42 Å². The fourth-order valence-electron chi connectivity index (χ4n) is 2.60. The van der Waals surface area contributed by atoms with E-state index in [2.05, 4.69) is 5.32 Å². The number of rotatable bonds is 8. The summed E-state index contributed by atoms with van der Waals surface area (Å²) in [6.07, 6.45) is 3.26. The van der Waals surface area contributed by atoms with Crippen molar-refractivity contribution in [1.82, 2.24) is 5.32 Å². The van der Waals surface area contributed by atoms with Crippen LogP contribution in [-0.2, 0) is 21.4 Å². The third-order valence-electron chi connectivity index (χ3n) is 3.85. The molecule has 0 unspecified atom stereocenters. The molecule has 0 spiro atoms. The minimum absolute atomic E-state index is 0.119. The number of amides is 1. The summed E-state index contributed by atoms with van der Waals surface area (Å²) in [6.45, 7) is 0.615. The van der Waals surface area contributed by atoms with E-state index in [0.29, 0.717) is 35.9 Å². The van der Waals surface area contributed by atoms with Crippen LogP contribution in [0.15, 0.2) is 41.0 Å². The molecule has 0 fully saturated rings. The molecule has 1 aliphatic heterocycles. The van der Waals surface area contributed by atoms with E-state index in [1.165, 1.54) is 10.6 Å². The summed E-state index contributed by atoms with van der Waals surface area (Å²) in [7, 11) is -3.49. The lowest BCUT2D eigenvalue weighted by Gasteiger charge is -2.22. The summed E-state index contributed by atoms with van der Waals surface area (Å²) in [5.41, 5.74) is 0.479. The van der Waals surface area contributed by atoms with Crippen LogP contribution in [0, 0.1) is 0 Å². The molecule has 1 aromatic carbocycles. The van der Waals surface area contributed by atoms with Gasteiger partial charge in [-0.2, -0.15) is 0 Å². The van der Waals surface area contributed by atoms with Crippen molar-refractivity contribution in [3.05, 3.63) is 42.4 Å². The Balaban J connectivity index is 1.56. The van der Waals surface area contributed by atoms with Gasteiger partial charge in [-0.1, -0.05) is 0 Å². The molecule has 1 aliphatic rings. The predicted octanol–water partition coefficient (Wildman–Crippen LogP) is 1.87. The first-order chi connectivity index (χ1) is 12.4.